The number of nitrogens with zero attached hydrogens (tertiary/aromatic N) is 3. The van der Waals surface area contributed by atoms with Gasteiger partial charge < -0.3 is 4.90 Å². The van der Waals surface area contributed by atoms with Crippen molar-refractivity contribution in [1.82, 2.24) is 4.98 Å². The molecule has 0 fully saturated rings. The first kappa shape index (κ1) is 18.2. The molecule has 24 heavy (non-hydrogen) atoms. The van der Waals surface area contributed by atoms with Gasteiger partial charge in [-0.1, -0.05) is 0 Å². The number of halogens is 2. The molecule has 0 radical (unpaired) electrons. The summed E-state index contributed by atoms with van der Waals surface area (Å²) in [5.41, 5.74) is 0.366. The maximum absolute atomic E-state index is 12.6. The number of hydrogen-bond donors (Lipinski definition) is 0. The Labute approximate surface area is 140 Å². The molecule has 130 valence electrons. The highest BCUT2D eigenvalue weighted by molar-refractivity contribution is 7.91. The predicted octanol–water partition coefficient (Wildman–Crippen LogP) is 2.99. The van der Waals surface area contributed by atoms with Crippen molar-refractivity contribution in [1.29, 1.82) is 0 Å². The zero-order chi connectivity index (χ0) is 18.1. The Bertz CT molecular complexity index is 868. The summed E-state index contributed by atoms with van der Waals surface area (Å²) < 4.78 is 48.2. The van der Waals surface area contributed by atoms with Gasteiger partial charge in [0.2, 0.25) is 9.84 Å². The number of thiazole rings is 1. The van der Waals surface area contributed by atoms with Crippen LogP contribution in [0.4, 0.5) is 20.2 Å². The normalized spacial score (nSPS) is 11.7. The van der Waals surface area contributed by atoms with Crippen molar-refractivity contribution in [3.05, 3.63) is 44.4 Å². The van der Waals surface area contributed by atoms with E-state index in [2.05, 4.69) is 4.98 Å². The number of hydrogen-bond acceptors (Lipinski definition) is 7. The lowest BCUT2D eigenvalue weighted by molar-refractivity contribution is -0.384. The zero-order valence-corrected chi connectivity index (χ0v) is 14.3. The predicted molar refractivity (Wildman–Crippen MR) is 85.2 cm³/mol. The van der Waals surface area contributed by atoms with Crippen LogP contribution in [-0.4, -0.2) is 31.1 Å². The first-order valence-electron chi connectivity index (χ1n) is 6.55. The second-order valence-electron chi connectivity index (χ2n) is 4.95. The fourth-order valence-electron chi connectivity index (χ4n) is 2.02. The number of aryl methyl sites for hydroxylation is 1. The van der Waals surface area contributed by atoms with E-state index in [9.17, 15) is 27.3 Å². The van der Waals surface area contributed by atoms with Crippen LogP contribution in [0, 0.1) is 17.0 Å². The smallest absolute Gasteiger partial charge is 0.341 e. The van der Waals surface area contributed by atoms with Crippen molar-refractivity contribution in [3.8, 4) is 0 Å². The van der Waals surface area contributed by atoms with Gasteiger partial charge in [-0.2, -0.15) is 8.78 Å². The van der Waals surface area contributed by atoms with Crippen molar-refractivity contribution in [2.45, 2.75) is 24.1 Å². The van der Waals surface area contributed by atoms with Crippen molar-refractivity contribution in [2.75, 3.05) is 11.9 Å². The Morgan fingerprint density at radius 3 is 2.58 bits per heavy atom. The van der Waals surface area contributed by atoms with Crippen molar-refractivity contribution < 1.29 is 22.1 Å². The first-order chi connectivity index (χ1) is 11.1. The lowest BCUT2D eigenvalue weighted by atomic mass is 10.2. The summed E-state index contributed by atoms with van der Waals surface area (Å²) in [6.45, 7) is 2.08. The Morgan fingerprint density at radius 1 is 1.42 bits per heavy atom. The molecule has 0 aliphatic rings. The van der Waals surface area contributed by atoms with Gasteiger partial charge in [-0.05, 0) is 19.1 Å². The number of aromatic nitrogens is 1. The highest BCUT2D eigenvalue weighted by atomic mass is 32.2. The molecule has 0 saturated carbocycles. The number of sulfone groups is 1. The molecule has 0 spiro atoms. The van der Waals surface area contributed by atoms with E-state index in [4.69, 9.17) is 0 Å². The van der Waals surface area contributed by atoms with Gasteiger partial charge in [0.05, 0.1) is 16.4 Å². The van der Waals surface area contributed by atoms with E-state index in [0.717, 1.165) is 17.8 Å². The van der Waals surface area contributed by atoms with E-state index in [-0.39, 0.29) is 12.2 Å². The third-order valence-electron chi connectivity index (χ3n) is 3.16. The van der Waals surface area contributed by atoms with Gasteiger partial charge >= 0.3 is 5.76 Å². The fraction of sp³-hybridized carbons (Fsp3) is 0.308. The van der Waals surface area contributed by atoms with Gasteiger partial charge in [0, 0.05) is 24.2 Å². The van der Waals surface area contributed by atoms with E-state index in [1.165, 1.54) is 16.2 Å². The Kier molecular flexibility index (Phi) is 5.13. The summed E-state index contributed by atoms with van der Waals surface area (Å²) in [7, 11) is -3.33. The molecule has 1 aromatic carbocycles. The molecular weight excluding hydrogens is 364 g/mol. The minimum absolute atomic E-state index is 0.112. The number of rotatable bonds is 6. The van der Waals surface area contributed by atoms with E-state index in [1.807, 2.05) is 12.3 Å². The highest BCUT2D eigenvalue weighted by Gasteiger charge is 2.30. The van der Waals surface area contributed by atoms with Crippen LogP contribution >= 0.6 is 11.3 Å². The molecule has 0 bridgehead atoms. The Hall–Kier alpha value is -2.14. The third-order valence-corrected chi connectivity index (χ3v) is 5.49. The average Bonchev–Trinajstić information content (AvgIpc) is 2.91. The molecule has 0 unspecified atom stereocenters. The number of alkyl halides is 2. The molecule has 0 N–H and O–H groups in total. The Morgan fingerprint density at radius 2 is 2.08 bits per heavy atom. The molecule has 0 aliphatic carbocycles. The first-order valence-corrected chi connectivity index (χ1v) is 8.98. The monoisotopic (exact) mass is 377 g/mol. The molecule has 2 aromatic rings. The van der Waals surface area contributed by atoms with Crippen LogP contribution in [0.5, 0.6) is 0 Å². The Balaban J connectivity index is 2.41. The van der Waals surface area contributed by atoms with Crippen LogP contribution in [0.2, 0.25) is 0 Å². The van der Waals surface area contributed by atoms with Crippen LogP contribution in [0.3, 0.4) is 0 Å². The molecule has 0 amide bonds. The van der Waals surface area contributed by atoms with Crippen molar-refractivity contribution in [2.24, 2.45) is 0 Å². The second kappa shape index (κ2) is 6.77. The lowest BCUT2D eigenvalue weighted by Crippen LogP contribution is -2.18. The number of nitro benzene ring substituents is 1. The summed E-state index contributed by atoms with van der Waals surface area (Å²) >= 11 is 1.38. The number of nitro groups is 1. The third kappa shape index (κ3) is 3.67. The molecule has 0 atom stereocenters. The van der Waals surface area contributed by atoms with Gasteiger partial charge in [-0.25, -0.2) is 13.4 Å². The lowest BCUT2D eigenvalue weighted by Gasteiger charge is -2.18. The zero-order valence-electron chi connectivity index (χ0n) is 12.6. The summed E-state index contributed by atoms with van der Waals surface area (Å²) in [6, 6.07) is 2.74. The van der Waals surface area contributed by atoms with Crippen LogP contribution < -0.4 is 4.90 Å². The minimum atomic E-state index is -4.90. The molecule has 2 rings (SSSR count). The fourth-order valence-corrected chi connectivity index (χ4v) is 3.58. The molecule has 11 heteroatoms. The molecule has 1 aromatic heterocycles. The van der Waals surface area contributed by atoms with E-state index in [1.54, 1.807) is 7.05 Å². The van der Waals surface area contributed by atoms with Crippen LogP contribution in [0.25, 0.3) is 0 Å². The van der Waals surface area contributed by atoms with Gasteiger partial charge in [0.25, 0.3) is 5.69 Å². The van der Waals surface area contributed by atoms with Gasteiger partial charge in [-0.15, -0.1) is 11.3 Å². The highest BCUT2D eigenvalue weighted by Crippen LogP contribution is 2.32. The van der Waals surface area contributed by atoms with Crippen LogP contribution in [-0.2, 0) is 16.4 Å². The van der Waals surface area contributed by atoms with Crippen molar-refractivity contribution >= 4 is 32.5 Å². The number of anilines is 1. The van der Waals surface area contributed by atoms with E-state index >= 15 is 0 Å². The average molecular weight is 377 g/mol. The molecule has 0 saturated heterocycles. The quantitative estimate of drug-likeness (QED) is 0.567. The summed E-state index contributed by atoms with van der Waals surface area (Å²) in [5, 5.41) is 13.8. The van der Waals surface area contributed by atoms with E-state index < -0.39 is 31.1 Å². The topological polar surface area (TPSA) is 93.4 Å². The van der Waals surface area contributed by atoms with E-state index in [0.29, 0.717) is 11.1 Å². The van der Waals surface area contributed by atoms with Crippen molar-refractivity contribution in [3.63, 3.8) is 0 Å². The largest absolute Gasteiger partial charge is 0.362 e. The number of benzene rings is 1. The standard InChI is InChI=1S/C13H13F2N3O4S2/c1-8-7-23-12(16-8)6-17(2)10-4-3-9(5-11(10)18(19)20)24(21,22)13(14)15/h3-5,7,13H,6H2,1-2H3. The second-order valence-corrected chi connectivity index (χ2v) is 7.81. The molecular formula is C13H13F2N3O4S2. The summed E-state index contributed by atoms with van der Waals surface area (Å²) in [4.78, 5) is 15.4. The van der Waals surface area contributed by atoms with Gasteiger partial charge in [0.15, 0.2) is 0 Å². The molecule has 7 nitrogen and oxygen atoms in total. The molecule has 0 aliphatic heterocycles. The summed E-state index contributed by atoms with van der Waals surface area (Å²) in [5.74, 6) is -3.64. The SMILES string of the molecule is Cc1csc(CN(C)c2ccc(S(=O)(=O)C(F)F)cc2[N+](=O)[O-])n1. The summed E-state index contributed by atoms with van der Waals surface area (Å²) in [6.07, 6.45) is 0. The maximum Gasteiger partial charge on any atom is 0.341 e. The minimum Gasteiger partial charge on any atom is -0.362 e. The van der Waals surface area contributed by atoms with Crippen LogP contribution in [0.15, 0.2) is 28.5 Å². The molecule has 1 heterocycles. The van der Waals surface area contributed by atoms with Gasteiger partial charge in [0.1, 0.15) is 10.7 Å². The maximum atomic E-state index is 12.6. The van der Waals surface area contributed by atoms with Crippen LogP contribution in [0.1, 0.15) is 10.7 Å². The van der Waals surface area contributed by atoms with Gasteiger partial charge in [-0.3, -0.25) is 10.1 Å².